The first-order valence-corrected chi connectivity index (χ1v) is 8.06. The van der Waals surface area contributed by atoms with Crippen LogP contribution in [0.25, 0.3) is 0 Å². The minimum Gasteiger partial charge on any atom is -0.353 e. The topological polar surface area (TPSA) is 84.0 Å². The Kier molecular flexibility index (Phi) is 5.68. The van der Waals surface area contributed by atoms with E-state index < -0.39 is 10.0 Å². The van der Waals surface area contributed by atoms with Crippen molar-refractivity contribution < 1.29 is 8.42 Å². The van der Waals surface area contributed by atoms with Crippen LogP contribution in [0, 0.1) is 6.92 Å². The summed E-state index contributed by atoms with van der Waals surface area (Å²) < 4.78 is 25.4. The van der Waals surface area contributed by atoms with E-state index in [0.717, 1.165) is 11.4 Å². The Morgan fingerprint density at radius 2 is 2.00 bits per heavy atom. The van der Waals surface area contributed by atoms with E-state index in [2.05, 4.69) is 33.9 Å². The first-order chi connectivity index (χ1) is 8.84. The molecule has 1 rings (SSSR count). The first-order valence-electron chi connectivity index (χ1n) is 6.41. The van der Waals surface area contributed by atoms with Crippen molar-refractivity contribution >= 4 is 16.0 Å². The quantitative estimate of drug-likeness (QED) is 0.788. The fourth-order valence-corrected chi connectivity index (χ4v) is 2.51. The van der Waals surface area contributed by atoms with Crippen molar-refractivity contribution in [2.24, 2.45) is 0 Å². The maximum atomic E-state index is 11.5. The van der Waals surface area contributed by atoms with Gasteiger partial charge in [-0.05, 0) is 18.9 Å². The molecule has 1 heterocycles. The van der Waals surface area contributed by atoms with Gasteiger partial charge in [-0.1, -0.05) is 20.8 Å². The standard InChI is InChI=1S/C12H22N4O2S/c1-5-14-19(17,18)7-6-13-12-15-10(4)8-11(16-12)9(2)3/h8-9,14H,5-7H2,1-4H3,(H,13,15,16). The third kappa shape index (κ3) is 5.52. The molecular formula is C12H22N4O2S. The fraction of sp³-hybridized carbons (Fsp3) is 0.667. The molecular weight excluding hydrogens is 264 g/mol. The molecule has 0 saturated carbocycles. The Morgan fingerprint density at radius 3 is 2.58 bits per heavy atom. The molecule has 7 heteroatoms. The summed E-state index contributed by atoms with van der Waals surface area (Å²) in [5, 5.41) is 2.95. The summed E-state index contributed by atoms with van der Waals surface area (Å²) in [4.78, 5) is 8.61. The molecule has 0 bridgehead atoms. The molecule has 0 aromatic carbocycles. The van der Waals surface area contributed by atoms with Crippen LogP contribution in [0.15, 0.2) is 6.07 Å². The highest BCUT2D eigenvalue weighted by Gasteiger charge is 2.09. The molecule has 0 aliphatic rings. The van der Waals surface area contributed by atoms with Gasteiger partial charge >= 0.3 is 0 Å². The molecule has 0 spiro atoms. The Bertz CT molecular complexity index is 514. The van der Waals surface area contributed by atoms with Gasteiger partial charge in [-0.2, -0.15) is 0 Å². The molecule has 6 nitrogen and oxygen atoms in total. The van der Waals surface area contributed by atoms with Gasteiger partial charge in [-0.3, -0.25) is 0 Å². The zero-order valence-electron chi connectivity index (χ0n) is 11.9. The first kappa shape index (κ1) is 15.8. The fourth-order valence-electron chi connectivity index (χ4n) is 1.56. The van der Waals surface area contributed by atoms with E-state index in [4.69, 9.17) is 0 Å². The van der Waals surface area contributed by atoms with E-state index in [0.29, 0.717) is 18.4 Å². The summed E-state index contributed by atoms with van der Waals surface area (Å²) in [6.45, 7) is 8.46. The lowest BCUT2D eigenvalue weighted by molar-refractivity contribution is 0.584. The highest BCUT2D eigenvalue weighted by Crippen LogP contribution is 2.14. The zero-order valence-corrected chi connectivity index (χ0v) is 12.7. The maximum absolute atomic E-state index is 11.5. The maximum Gasteiger partial charge on any atom is 0.223 e. The van der Waals surface area contributed by atoms with Crippen LogP contribution in [0.2, 0.25) is 0 Å². The summed E-state index contributed by atoms with van der Waals surface area (Å²) >= 11 is 0. The van der Waals surface area contributed by atoms with Gasteiger partial charge in [-0.15, -0.1) is 0 Å². The lowest BCUT2D eigenvalue weighted by Gasteiger charge is -2.10. The number of sulfonamides is 1. The summed E-state index contributed by atoms with van der Waals surface area (Å²) in [6, 6.07) is 1.94. The molecule has 0 aliphatic carbocycles. The molecule has 0 fully saturated rings. The van der Waals surface area contributed by atoms with Crippen LogP contribution in [0.3, 0.4) is 0 Å². The summed E-state index contributed by atoms with van der Waals surface area (Å²) in [5.41, 5.74) is 1.82. The van der Waals surface area contributed by atoms with Crippen molar-refractivity contribution in [3.05, 3.63) is 17.5 Å². The number of aromatic nitrogens is 2. The van der Waals surface area contributed by atoms with Gasteiger partial charge in [0, 0.05) is 24.5 Å². The Balaban J connectivity index is 2.63. The van der Waals surface area contributed by atoms with E-state index in [-0.39, 0.29) is 12.3 Å². The van der Waals surface area contributed by atoms with E-state index in [1.807, 2.05) is 13.0 Å². The number of nitrogens with zero attached hydrogens (tertiary/aromatic N) is 2. The molecule has 0 radical (unpaired) electrons. The van der Waals surface area contributed by atoms with Crippen molar-refractivity contribution in [2.45, 2.75) is 33.6 Å². The molecule has 19 heavy (non-hydrogen) atoms. The van der Waals surface area contributed by atoms with E-state index >= 15 is 0 Å². The van der Waals surface area contributed by atoms with Crippen LogP contribution < -0.4 is 10.0 Å². The molecule has 0 atom stereocenters. The number of hydrogen-bond donors (Lipinski definition) is 2. The molecule has 0 saturated heterocycles. The number of anilines is 1. The second-order valence-electron chi connectivity index (χ2n) is 4.66. The van der Waals surface area contributed by atoms with Gasteiger partial charge in [0.2, 0.25) is 16.0 Å². The second kappa shape index (κ2) is 6.81. The smallest absolute Gasteiger partial charge is 0.223 e. The normalized spacial score (nSPS) is 11.8. The zero-order chi connectivity index (χ0) is 14.5. The van der Waals surface area contributed by atoms with Crippen LogP contribution in [0.5, 0.6) is 0 Å². The van der Waals surface area contributed by atoms with Gasteiger partial charge < -0.3 is 5.32 Å². The van der Waals surface area contributed by atoms with E-state index in [1.165, 1.54) is 0 Å². The van der Waals surface area contributed by atoms with Gasteiger partial charge in [0.15, 0.2) is 0 Å². The minimum absolute atomic E-state index is 0.00908. The Morgan fingerprint density at radius 1 is 1.32 bits per heavy atom. The average Bonchev–Trinajstić information content (AvgIpc) is 2.27. The van der Waals surface area contributed by atoms with Crippen molar-refractivity contribution in [1.82, 2.24) is 14.7 Å². The summed E-state index contributed by atoms with van der Waals surface area (Å²) in [6.07, 6.45) is 0. The second-order valence-corrected chi connectivity index (χ2v) is 6.58. The van der Waals surface area contributed by atoms with Gasteiger partial charge in [0.1, 0.15) is 0 Å². The van der Waals surface area contributed by atoms with Crippen molar-refractivity contribution in [3.63, 3.8) is 0 Å². The number of hydrogen-bond acceptors (Lipinski definition) is 5. The monoisotopic (exact) mass is 286 g/mol. The van der Waals surface area contributed by atoms with Crippen LogP contribution in [-0.2, 0) is 10.0 Å². The van der Waals surface area contributed by atoms with Gasteiger partial charge in [-0.25, -0.2) is 23.1 Å². The van der Waals surface area contributed by atoms with Crippen LogP contribution >= 0.6 is 0 Å². The Labute approximate surface area is 115 Å². The highest BCUT2D eigenvalue weighted by molar-refractivity contribution is 7.89. The van der Waals surface area contributed by atoms with Crippen molar-refractivity contribution in [2.75, 3.05) is 24.2 Å². The van der Waals surface area contributed by atoms with E-state index in [9.17, 15) is 8.42 Å². The molecule has 0 amide bonds. The molecule has 2 N–H and O–H groups in total. The summed E-state index contributed by atoms with van der Waals surface area (Å²) in [7, 11) is -3.21. The van der Waals surface area contributed by atoms with Crippen LogP contribution in [0.4, 0.5) is 5.95 Å². The van der Waals surface area contributed by atoms with Gasteiger partial charge in [0.05, 0.1) is 5.75 Å². The van der Waals surface area contributed by atoms with Gasteiger partial charge in [0.25, 0.3) is 0 Å². The average molecular weight is 286 g/mol. The SMILES string of the molecule is CCNS(=O)(=O)CCNc1nc(C)cc(C(C)C)n1. The Hall–Kier alpha value is -1.21. The molecule has 1 aromatic rings. The summed E-state index contributed by atoms with van der Waals surface area (Å²) in [5.74, 6) is 0.804. The largest absolute Gasteiger partial charge is 0.353 e. The lowest BCUT2D eigenvalue weighted by Crippen LogP contribution is -2.29. The third-order valence-corrected chi connectivity index (χ3v) is 3.95. The predicted octanol–water partition coefficient (Wildman–Crippen LogP) is 1.26. The lowest BCUT2D eigenvalue weighted by atomic mass is 10.1. The molecule has 1 aromatic heterocycles. The number of rotatable bonds is 7. The third-order valence-electron chi connectivity index (χ3n) is 2.48. The molecule has 0 aliphatic heterocycles. The molecule has 0 unspecified atom stereocenters. The predicted molar refractivity (Wildman–Crippen MR) is 76.8 cm³/mol. The molecule has 108 valence electrons. The highest BCUT2D eigenvalue weighted by atomic mass is 32.2. The van der Waals surface area contributed by atoms with E-state index in [1.54, 1.807) is 6.92 Å². The van der Waals surface area contributed by atoms with Crippen molar-refractivity contribution in [3.8, 4) is 0 Å². The minimum atomic E-state index is -3.21. The van der Waals surface area contributed by atoms with Crippen LogP contribution in [0.1, 0.15) is 38.1 Å². The number of aryl methyl sites for hydroxylation is 1. The van der Waals surface area contributed by atoms with Crippen molar-refractivity contribution in [1.29, 1.82) is 0 Å². The number of nitrogens with one attached hydrogen (secondary N) is 2. The van der Waals surface area contributed by atoms with Crippen LogP contribution in [-0.4, -0.2) is 37.2 Å².